The highest BCUT2D eigenvalue weighted by Crippen LogP contribution is 2.25. The Morgan fingerprint density at radius 2 is 1.71 bits per heavy atom. The Labute approximate surface area is 125 Å². The van der Waals surface area contributed by atoms with E-state index < -0.39 is 28.1 Å². The summed E-state index contributed by atoms with van der Waals surface area (Å²) in [6.45, 7) is -0.159. The number of halogens is 4. The number of nitrogens with zero attached hydrogens (tertiary/aromatic N) is 1. The molecule has 0 aliphatic carbocycles. The molecule has 0 unspecified atom stereocenters. The summed E-state index contributed by atoms with van der Waals surface area (Å²) in [6.07, 6.45) is 0. The topological polar surface area (TPSA) is 55.2 Å². The maximum absolute atomic E-state index is 13.6. The SMILES string of the molecule is O=[N+]([O-])c1cc(F)cc(CNc2c(F)cc(Br)cc2F)c1. The van der Waals surface area contributed by atoms with Crippen LogP contribution in [0.2, 0.25) is 0 Å². The Morgan fingerprint density at radius 3 is 2.29 bits per heavy atom. The first-order valence-corrected chi connectivity index (χ1v) is 6.48. The number of hydrogen-bond acceptors (Lipinski definition) is 3. The van der Waals surface area contributed by atoms with E-state index in [0.717, 1.165) is 30.3 Å². The predicted octanol–water partition coefficient (Wildman–Crippen LogP) is 4.39. The van der Waals surface area contributed by atoms with Gasteiger partial charge in [-0.25, -0.2) is 13.2 Å². The van der Waals surface area contributed by atoms with Crippen LogP contribution in [-0.4, -0.2) is 4.92 Å². The number of benzene rings is 2. The van der Waals surface area contributed by atoms with E-state index in [2.05, 4.69) is 21.2 Å². The van der Waals surface area contributed by atoms with Crippen molar-refractivity contribution in [1.82, 2.24) is 0 Å². The van der Waals surface area contributed by atoms with Gasteiger partial charge < -0.3 is 5.32 Å². The Bertz CT molecular complexity index is 687. The van der Waals surface area contributed by atoms with E-state index >= 15 is 0 Å². The first kappa shape index (κ1) is 15.3. The zero-order valence-electron chi connectivity index (χ0n) is 10.4. The van der Waals surface area contributed by atoms with Crippen LogP contribution in [0.25, 0.3) is 0 Å². The minimum atomic E-state index is -0.826. The van der Waals surface area contributed by atoms with Gasteiger partial charge in [-0.1, -0.05) is 15.9 Å². The third-order valence-electron chi connectivity index (χ3n) is 2.63. The molecule has 2 aromatic carbocycles. The third kappa shape index (κ3) is 3.72. The molecule has 2 aromatic rings. The minimum absolute atomic E-state index is 0.159. The second-order valence-corrected chi connectivity index (χ2v) is 5.09. The Balaban J connectivity index is 2.23. The summed E-state index contributed by atoms with van der Waals surface area (Å²) in [7, 11) is 0. The second-order valence-electron chi connectivity index (χ2n) is 4.17. The van der Waals surface area contributed by atoms with E-state index in [1.165, 1.54) is 0 Å². The highest BCUT2D eigenvalue weighted by Gasteiger charge is 2.13. The van der Waals surface area contributed by atoms with Gasteiger partial charge in [0.2, 0.25) is 0 Å². The van der Waals surface area contributed by atoms with Crippen molar-refractivity contribution in [2.45, 2.75) is 6.54 Å². The van der Waals surface area contributed by atoms with Crippen LogP contribution in [0.4, 0.5) is 24.5 Å². The van der Waals surface area contributed by atoms with Crippen molar-refractivity contribution in [1.29, 1.82) is 0 Å². The lowest BCUT2D eigenvalue weighted by molar-refractivity contribution is -0.385. The van der Waals surface area contributed by atoms with Gasteiger partial charge in [-0.05, 0) is 23.8 Å². The van der Waals surface area contributed by atoms with Crippen molar-refractivity contribution < 1.29 is 18.1 Å². The summed E-state index contributed by atoms with van der Waals surface area (Å²) in [5, 5.41) is 13.1. The van der Waals surface area contributed by atoms with E-state index in [-0.39, 0.29) is 22.3 Å². The van der Waals surface area contributed by atoms with Crippen LogP contribution in [-0.2, 0) is 6.54 Å². The van der Waals surface area contributed by atoms with Crippen LogP contribution in [0.3, 0.4) is 0 Å². The summed E-state index contributed by atoms with van der Waals surface area (Å²) in [5.74, 6) is -2.45. The van der Waals surface area contributed by atoms with E-state index in [1.54, 1.807) is 0 Å². The number of nitro groups is 1. The zero-order valence-corrected chi connectivity index (χ0v) is 12.0. The largest absolute Gasteiger partial charge is 0.376 e. The molecule has 0 heterocycles. The fraction of sp³-hybridized carbons (Fsp3) is 0.0769. The van der Waals surface area contributed by atoms with Crippen LogP contribution in [0.1, 0.15) is 5.56 Å². The van der Waals surface area contributed by atoms with Crippen molar-refractivity contribution in [2.75, 3.05) is 5.32 Å². The van der Waals surface area contributed by atoms with Gasteiger partial charge in [0, 0.05) is 17.1 Å². The number of non-ortho nitro benzene ring substituents is 1. The molecule has 0 aliphatic rings. The highest BCUT2D eigenvalue weighted by molar-refractivity contribution is 9.10. The first-order chi connectivity index (χ1) is 9.86. The van der Waals surface area contributed by atoms with E-state index in [1.807, 2.05) is 0 Å². The van der Waals surface area contributed by atoms with Crippen LogP contribution >= 0.6 is 15.9 Å². The summed E-state index contributed by atoms with van der Waals surface area (Å²) in [6, 6.07) is 5.09. The lowest BCUT2D eigenvalue weighted by Crippen LogP contribution is -2.05. The molecule has 110 valence electrons. The molecule has 2 rings (SSSR count). The molecule has 4 nitrogen and oxygen atoms in total. The lowest BCUT2D eigenvalue weighted by Gasteiger charge is -2.09. The smallest absolute Gasteiger partial charge is 0.272 e. The van der Waals surface area contributed by atoms with Crippen LogP contribution in [0.5, 0.6) is 0 Å². The van der Waals surface area contributed by atoms with Gasteiger partial charge in [-0.2, -0.15) is 0 Å². The van der Waals surface area contributed by atoms with Gasteiger partial charge in [0.1, 0.15) is 23.1 Å². The predicted molar refractivity (Wildman–Crippen MR) is 74.4 cm³/mol. The normalized spacial score (nSPS) is 10.5. The van der Waals surface area contributed by atoms with Gasteiger partial charge in [0.05, 0.1) is 11.0 Å². The van der Waals surface area contributed by atoms with Crippen LogP contribution < -0.4 is 5.32 Å². The van der Waals surface area contributed by atoms with Crippen molar-refractivity contribution in [3.05, 3.63) is 67.9 Å². The molecule has 21 heavy (non-hydrogen) atoms. The molecule has 1 N–H and O–H groups in total. The van der Waals surface area contributed by atoms with Crippen molar-refractivity contribution in [3.8, 4) is 0 Å². The molecule has 0 saturated heterocycles. The monoisotopic (exact) mass is 360 g/mol. The average Bonchev–Trinajstić information content (AvgIpc) is 2.36. The summed E-state index contributed by atoms with van der Waals surface area (Å²) < 4.78 is 40.7. The molecule has 0 saturated carbocycles. The fourth-order valence-electron chi connectivity index (χ4n) is 1.74. The number of hydrogen-bond donors (Lipinski definition) is 1. The highest BCUT2D eigenvalue weighted by atomic mass is 79.9. The molecule has 0 aliphatic heterocycles. The van der Waals surface area contributed by atoms with Gasteiger partial charge in [-0.3, -0.25) is 10.1 Å². The number of anilines is 1. The number of nitro benzene ring substituents is 1. The first-order valence-electron chi connectivity index (χ1n) is 5.69. The van der Waals surface area contributed by atoms with Gasteiger partial charge in [0.15, 0.2) is 0 Å². The van der Waals surface area contributed by atoms with Crippen LogP contribution in [0.15, 0.2) is 34.8 Å². The lowest BCUT2D eigenvalue weighted by atomic mass is 10.2. The molecule has 0 spiro atoms. The van der Waals surface area contributed by atoms with Gasteiger partial charge in [-0.15, -0.1) is 0 Å². The quantitative estimate of drug-likeness (QED) is 0.649. The van der Waals surface area contributed by atoms with E-state index in [4.69, 9.17) is 0 Å². The maximum atomic E-state index is 13.6. The van der Waals surface area contributed by atoms with E-state index in [0.29, 0.717) is 0 Å². The number of nitrogens with one attached hydrogen (secondary N) is 1. The number of rotatable bonds is 4. The van der Waals surface area contributed by atoms with Crippen molar-refractivity contribution in [3.63, 3.8) is 0 Å². The Morgan fingerprint density at radius 1 is 1.10 bits per heavy atom. The Kier molecular flexibility index (Phi) is 4.46. The standard InChI is InChI=1S/C13H8BrF3N2O2/c14-8-3-11(16)13(12(17)4-8)18-6-7-1-9(15)5-10(2-7)19(20)21/h1-5,18H,6H2. The molecule has 0 radical (unpaired) electrons. The molecule has 0 fully saturated rings. The van der Waals surface area contributed by atoms with Crippen molar-refractivity contribution in [2.24, 2.45) is 0 Å². The summed E-state index contributed by atoms with van der Waals surface area (Å²) in [5.41, 5.74) is -0.614. The fourth-order valence-corrected chi connectivity index (χ4v) is 2.14. The maximum Gasteiger partial charge on any atom is 0.272 e. The molecule has 0 aromatic heterocycles. The molecule has 8 heteroatoms. The summed E-state index contributed by atoms with van der Waals surface area (Å²) >= 11 is 2.95. The van der Waals surface area contributed by atoms with Gasteiger partial charge >= 0.3 is 0 Å². The molecule has 0 bridgehead atoms. The molecule has 0 amide bonds. The van der Waals surface area contributed by atoms with Crippen LogP contribution in [0, 0.1) is 27.6 Å². The van der Waals surface area contributed by atoms with Gasteiger partial charge in [0.25, 0.3) is 5.69 Å². The van der Waals surface area contributed by atoms with E-state index in [9.17, 15) is 23.3 Å². The molecule has 0 atom stereocenters. The average molecular weight is 361 g/mol. The summed E-state index contributed by atoms with van der Waals surface area (Å²) in [4.78, 5) is 9.88. The van der Waals surface area contributed by atoms with Crippen molar-refractivity contribution >= 4 is 27.3 Å². The Hall–Kier alpha value is -2.09. The zero-order chi connectivity index (χ0) is 15.6. The second kappa shape index (κ2) is 6.13. The molecular formula is C13H8BrF3N2O2. The third-order valence-corrected chi connectivity index (χ3v) is 3.09. The molecular weight excluding hydrogens is 353 g/mol. The minimum Gasteiger partial charge on any atom is -0.376 e.